The molecular weight excluding hydrogens is 175 g/mol. The summed E-state index contributed by atoms with van der Waals surface area (Å²) in [6.45, 7) is 0. The average molecular weight is 180 g/mol. The Morgan fingerprint density at radius 1 is 1.00 bits per heavy atom. The standard InChI is InChI=1S/H3O4P.2H2O.Ti/c1-5(2,3)4;;;/h(H3,1,2,3,4);2*1H2;/q;;;+2/p-2. The molecular formula is H5O6PTi. The molecule has 0 aromatic rings. The molecule has 6 nitrogen and oxygen atoms in total. The third-order valence-corrected chi connectivity index (χ3v) is 0. The van der Waals surface area contributed by atoms with Gasteiger partial charge in [0.1, 0.15) is 0 Å². The zero-order valence-corrected chi connectivity index (χ0v) is 6.05. The quantitative estimate of drug-likeness (QED) is 0.313. The van der Waals surface area contributed by atoms with Crippen LogP contribution < -0.4 is 0 Å². The third-order valence-electron chi connectivity index (χ3n) is 0. The van der Waals surface area contributed by atoms with Crippen molar-refractivity contribution >= 4 is 7.82 Å². The Morgan fingerprint density at radius 2 is 1.00 bits per heavy atom. The fourth-order valence-electron chi connectivity index (χ4n) is 0. The van der Waals surface area contributed by atoms with E-state index in [4.69, 9.17) is 19.2 Å². The Kier molecular flexibility index (Phi) is 22.6. The van der Waals surface area contributed by atoms with Crippen molar-refractivity contribution in [2.75, 3.05) is 0 Å². The van der Waals surface area contributed by atoms with Gasteiger partial charge < -0.3 is 25.6 Å². The van der Waals surface area contributed by atoms with E-state index in [1.54, 1.807) is 0 Å². The summed E-state index contributed by atoms with van der Waals surface area (Å²) in [6.07, 6.45) is 0. The third kappa shape index (κ3) is 402. The van der Waals surface area contributed by atoms with Gasteiger partial charge in [0.25, 0.3) is 0 Å². The summed E-state index contributed by atoms with van der Waals surface area (Å²) >= 11 is 0. The van der Waals surface area contributed by atoms with Gasteiger partial charge in [-0.25, -0.2) is 4.57 Å². The van der Waals surface area contributed by atoms with Crippen LogP contribution in [0.2, 0.25) is 0 Å². The molecule has 0 aromatic carbocycles. The second-order valence-electron chi connectivity index (χ2n) is 0.513. The first-order valence-corrected chi connectivity index (χ1v) is 2.35. The van der Waals surface area contributed by atoms with Crippen LogP contribution in [0.4, 0.5) is 0 Å². The Labute approximate surface area is 60.3 Å². The first kappa shape index (κ1) is 23.3. The second kappa shape index (κ2) is 7.74. The van der Waals surface area contributed by atoms with Gasteiger partial charge in [-0.3, -0.25) is 0 Å². The summed E-state index contributed by atoms with van der Waals surface area (Å²) in [7, 11) is -4.64. The van der Waals surface area contributed by atoms with Crippen molar-refractivity contribution in [2.24, 2.45) is 0 Å². The molecule has 8 heteroatoms. The molecule has 0 spiro atoms. The van der Waals surface area contributed by atoms with E-state index in [1.165, 1.54) is 0 Å². The minimum absolute atomic E-state index is 0. The van der Waals surface area contributed by atoms with Crippen LogP contribution in [0.5, 0.6) is 0 Å². The molecule has 0 aromatic heterocycles. The largest absolute Gasteiger partial charge is 2.00 e. The van der Waals surface area contributed by atoms with E-state index < -0.39 is 7.82 Å². The van der Waals surface area contributed by atoms with Crippen molar-refractivity contribution < 1.29 is 51.9 Å². The minimum atomic E-state index is -4.64. The Bertz CT molecular complexity index is 54.7. The zero-order valence-electron chi connectivity index (χ0n) is 3.59. The van der Waals surface area contributed by atoms with Crippen molar-refractivity contribution in [3.63, 3.8) is 0 Å². The molecule has 0 saturated carbocycles. The van der Waals surface area contributed by atoms with Gasteiger partial charge in [0, 0.05) is 0 Å². The maximum Gasteiger partial charge on any atom is 2.00 e. The van der Waals surface area contributed by atoms with Gasteiger partial charge >= 0.3 is 29.5 Å². The van der Waals surface area contributed by atoms with E-state index in [0.717, 1.165) is 0 Å². The summed E-state index contributed by atoms with van der Waals surface area (Å²) in [4.78, 5) is 21.6. The van der Waals surface area contributed by atoms with Crippen molar-refractivity contribution in [1.82, 2.24) is 0 Å². The molecule has 0 rings (SSSR count). The molecule has 0 heterocycles. The molecule has 5 N–H and O–H groups in total. The van der Waals surface area contributed by atoms with E-state index in [9.17, 15) is 0 Å². The summed E-state index contributed by atoms with van der Waals surface area (Å²) < 4.78 is 8.88. The van der Waals surface area contributed by atoms with E-state index in [2.05, 4.69) is 0 Å². The molecule has 0 radical (unpaired) electrons. The maximum atomic E-state index is 8.88. The topological polar surface area (TPSA) is 138 Å². The molecule has 0 amide bonds. The van der Waals surface area contributed by atoms with Crippen LogP contribution in [-0.2, 0) is 26.3 Å². The van der Waals surface area contributed by atoms with Crippen molar-refractivity contribution in [3.05, 3.63) is 0 Å². The van der Waals surface area contributed by atoms with Gasteiger partial charge in [0.2, 0.25) is 0 Å². The van der Waals surface area contributed by atoms with Gasteiger partial charge in [-0.15, -0.1) is 0 Å². The first-order chi connectivity index (χ1) is 2.00. The average Bonchev–Trinajstić information content (AvgIpc) is 0.722. The molecule has 0 fully saturated rings. The molecule has 0 atom stereocenters. The smallest absolute Gasteiger partial charge is 0.870 e. The number of hydrogen-bond donors (Lipinski definition) is 3. The van der Waals surface area contributed by atoms with Gasteiger partial charge in [0.15, 0.2) is 0 Å². The Hall–Kier alpha value is 0.744. The summed E-state index contributed by atoms with van der Waals surface area (Å²) in [5.41, 5.74) is 0. The zero-order chi connectivity index (χ0) is 4.50. The number of phosphoric acid groups is 1. The van der Waals surface area contributed by atoms with Crippen LogP contribution in [0.15, 0.2) is 0 Å². The van der Waals surface area contributed by atoms with Crippen LogP contribution in [0.25, 0.3) is 0 Å². The number of rotatable bonds is 0. The summed E-state index contributed by atoms with van der Waals surface area (Å²) in [5, 5.41) is 0. The van der Waals surface area contributed by atoms with E-state index >= 15 is 0 Å². The van der Waals surface area contributed by atoms with E-state index in [0.29, 0.717) is 0 Å². The predicted octanol–water partition coefficient (Wildman–Crippen LogP) is -1.28. The van der Waals surface area contributed by atoms with Crippen LogP contribution in [0, 0.1) is 0 Å². The molecule has 0 saturated heterocycles. The number of hydrogen-bond acceptors (Lipinski definition) is 3. The van der Waals surface area contributed by atoms with Crippen molar-refractivity contribution in [3.8, 4) is 0 Å². The van der Waals surface area contributed by atoms with Crippen LogP contribution in [0.3, 0.4) is 0 Å². The molecule has 50 valence electrons. The first-order valence-electron chi connectivity index (χ1n) is 0.783. The van der Waals surface area contributed by atoms with E-state index in [1.807, 2.05) is 0 Å². The molecule has 0 bridgehead atoms. The summed E-state index contributed by atoms with van der Waals surface area (Å²) in [5.74, 6) is 0. The molecule has 8 heavy (non-hydrogen) atoms. The van der Waals surface area contributed by atoms with Crippen LogP contribution in [-0.4, -0.2) is 25.6 Å². The van der Waals surface area contributed by atoms with Crippen molar-refractivity contribution in [1.29, 1.82) is 0 Å². The van der Waals surface area contributed by atoms with Gasteiger partial charge in [-0.1, -0.05) is 0 Å². The van der Waals surface area contributed by atoms with E-state index in [-0.39, 0.29) is 32.7 Å². The maximum absolute atomic E-state index is 8.88. The summed E-state index contributed by atoms with van der Waals surface area (Å²) in [6, 6.07) is 0. The van der Waals surface area contributed by atoms with Crippen molar-refractivity contribution in [2.45, 2.75) is 0 Å². The molecule has 0 aliphatic heterocycles. The van der Waals surface area contributed by atoms with Gasteiger partial charge in [-0.05, 0) is 0 Å². The second-order valence-corrected chi connectivity index (χ2v) is 1.54. The Morgan fingerprint density at radius 3 is 1.00 bits per heavy atom. The predicted molar refractivity (Wildman–Crippen MR) is 18.1 cm³/mol. The molecule has 0 unspecified atom stereocenters. The monoisotopic (exact) mass is 180 g/mol. The SMILES string of the molecule is O=P(O)(O)O.[OH-].[OH-].[Ti+2]. The fourth-order valence-corrected chi connectivity index (χ4v) is 0. The van der Waals surface area contributed by atoms with Gasteiger partial charge in [-0.2, -0.15) is 0 Å². The molecule has 0 aliphatic carbocycles. The van der Waals surface area contributed by atoms with Crippen LogP contribution in [0.1, 0.15) is 0 Å². The Balaban J connectivity index is -0.0000000267. The normalized spacial score (nSPS) is 7.38. The fraction of sp³-hybridized carbons (Fsp3) is 0. The molecule has 0 aliphatic rings. The minimum Gasteiger partial charge on any atom is -0.870 e. The van der Waals surface area contributed by atoms with Crippen LogP contribution >= 0.6 is 7.82 Å². The van der Waals surface area contributed by atoms with Gasteiger partial charge in [0.05, 0.1) is 0 Å².